The minimum Gasteiger partial charge on any atom is -0.481 e. The minimum atomic E-state index is -4.42. The second kappa shape index (κ2) is 6.59. The van der Waals surface area contributed by atoms with E-state index < -0.39 is 23.1 Å². The molecule has 1 aliphatic carbocycles. The number of amides is 1. The number of carbonyl (C=O) groups excluding carboxylic acids is 1. The second-order valence-electron chi connectivity index (χ2n) is 7.55. The summed E-state index contributed by atoms with van der Waals surface area (Å²) in [5.41, 5.74) is -1.11. The summed E-state index contributed by atoms with van der Waals surface area (Å²) >= 11 is 0. The molecule has 0 bridgehead atoms. The van der Waals surface area contributed by atoms with E-state index in [4.69, 9.17) is 0 Å². The smallest absolute Gasteiger partial charge is 0.416 e. The van der Waals surface area contributed by atoms with Crippen molar-refractivity contribution in [3.05, 3.63) is 35.4 Å². The van der Waals surface area contributed by atoms with Crippen LogP contribution in [0.5, 0.6) is 0 Å². The van der Waals surface area contributed by atoms with E-state index in [1.165, 1.54) is 6.07 Å². The molecule has 3 atom stereocenters. The zero-order valence-electron chi connectivity index (χ0n) is 14.6. The number of carboxylic acids is 1. The molecule has 1 unspecified atom stereocenters. The first-order valence-corrected chi connectivity index (χ1v) is 8.82. The molecule has 7 heteroatoms. The van der Waals surface area contributed by atoms with E-state index in [-0.39, 0.29) is 30.7 Å². The van der Waals surface area contributed by atoms with Crippen LogP contribution in [0.15, 0.2) is 24.3 Å². The lowest BCUT2D eigenvalue weighted by atomic mass is 9.81. The molecule has 142 valence electrons. The molecule has 4 nitrogen and oxygen atoms in total. The number of rotatable bonds is 4. The van der Waals surface area contributed by atoms with Crippen molar-refractivity contribution in [1.82, 2.24) is 4.90 Å². The van der Waals surface area contributed by atoms with Gasteiger partial charge in [0.05, 0.1) is 11.0 Å². The summed E-state index contributed by atoms with van der Waals surface area (Å²) in [6.45, 7) is 2.36. The standard InChI is InChI=1S/C19H22F3NO3/c1-12(13-4-2-5-14(9-13)19(20,21)22)8-16(24)23-10-15-6-3-7-18(15,11-23)17(25)26/h2,4-5,9,12,15H,3,6-8,10-11H2,1H3,(H,25,26)/t12?,15-,18+/m0/s1. The fourth-order valence-corrected chi connectivity index (χ4v) is 4.36. The Balaban J connectivity index is 1.68. The Bertz CT molecular complexity index is 718. The molecule has 1 amide bonds. The summed E-state index contributed by atoms with van der Waals surface area (Å²) in [6, 6.07) is 5.02. The van der Waals surface area contributed by atoms with Crippen LogP contribution in [-0.2, 0) is 15.8 Å². The lowest BCUT2D eigenvalue weighted by molar-refractivity contribution is -0.149. The number of halogens is 3. The number of carbonyl (C=O) groups is 2. The average Bonchev–Trinajstić information content (AvgIpc) is 3.12. The summed E-state index contributed by atoms with van der Waals surface area (Å²) in [4.78, 5) is 25.9. The van der Waals surface area contributed by atoms with Gasteiger partial charge in [-0.15, -0.1) is 0 Å². The monoisotopic (exact) mass is 369 g/mol. The number of carboxylic acid groups (broad SMARTS) is 1. The minimum absolute atomic E-state index is 0.0205. The quantitative estimate of drug-likeness (QED) is 0.875. The van der Waals surface area contributed by atoms with Gasteiger partial charge in [-0.1, -0.05) is 31.5 Å². The van der Waals surface area contributed by atoms with Crippen molar-refractivity contribution in [3.63, 3.8) is 0 Å². The highest BCUT2D eigenvalue weighted by molar-refractivity contribution is 5.81. The average molecular weight is 369 g/mol. The first-order chi connectivity index (χ1) is 12.1. The van der Waals surface area contributed by atoms with Crippen molar-refractivity contribution >= 4 is 11.9 Å². The molecule has 0 aromatic heterocycles. The molecule has 2 aliphatic rings. The van der Waals surface area contributed by atoms with Gasteiger partial charge in [-0.3, -0.25) is 9.59 Å². The largest absolute Gasteiger partial charge is 0.481 e. The van der Waals surface area contributed by atoms with E-state index in [1.807, 2.05) is 0 Å². The van der Waals surface area contributed by atoms with Crippen LogP contribution in [0.4, 0.5) is 13.2 Å². The lowest BCUT2D eigenvalue weighted by Crippen LogP contribution is -2.37. The van der Waals surface area contributed by atoms with Crippen LogP contribution in [0.2, 0.25) is 0 Å². The van der Waals surface area contributed by atoms with Gasteiger partial charge >= 0.3 is 12.1 Å². The van der Waals surface area contributed by atoms with Crippen LogP contribution in [0.3, 0.4) is 0 Å². The van der Waals surface area contributed by atoms with E-state index >= 15 is 0 Å². The Morgan fingerprint density at radius 1 is 1.38 bits per heavy atom. The Morgan fingerprint density at radius 3 is 2.73 bits per heavy atom. The van der Waals surface area contributed by atoms with Crippen LogP contribution in [0, 0.1) is 11.3 Å². The number of likely N-dealkylation sites (tertiary alicyclic amines) is 1. The zero-order valence-corrected chi connectivity index (χ0v) is 14.6. The molecule has 1 saturated heterocycles. The molecular weight excluding hydrogens is 347 g/mol. The number of hydrogen-bond donors (Lipinski definition) is 1. The van der Waals surface area contributed by atoms with Gasteiger partial charge in [0.15, 0.2) is 0 Å². The van der Waals surface area contributed by atoms with Crippen LogP contribution in [0.1, 0.15) is 49.7 Å². The maximum Gasteiger partial charge on any atom is 0.416 e. The summed E-state index contributed by atoms with van der Waals surface area (Å²) in [7, 11) is 0. The van der Waals surface area contributed by atoms with Crippen LogP contribution >= 0.6 is 0 Å². The number of aliphatic carboxylic acids is 1. The molecule has 1 aliphatic heterocycles. The number of nitrogens with zero attached hydrogens (tertiary/aromatic N) is 1. The van der Waals surface area contributed by atoms with E-state index in [9.17, 15) is 27.9 Å². The van der Waals surface area contributed by atoms with E-state index in [0.717, 1.165) is 25.0 Å². The number of alkyl halides is 3. The van der Waals surface area contributed by atoms with Crippen molar-refractivity contribution in [2.75, 3.05) is 13.1 Å². The van der Waals surface area contributed by atoms with Crippen LogP contribution < -0.4 is 0 Å². The van der Waals surface area contributed by atoms with E-state index in [2.05, 4.69) is 0 Å². The molecule has 26 heavy (non-hydrogen) atoms. The van der Waals surface area contributed by atoms with Crippen molar-refractivity contribution < 1.29 is 27.9 Å². The Hall–Kier alpha value is -2.05. The molecule has 1 N–H and O–H groups in total. The highest BCUT2D eigenvalue weighted by Gasteiger charge is 2.55. The van der Waals surface area contributed by atoms with E-state index in [0.29, 0.717) is 18.5 Å². The molecule has 0 spiro atoms. The summed E-state index contributed by atoms with van der Waals surface area (Å²) in [6.07, 6.45) is -2.09. The third-order valence-electron chi connectivity index (χ3n) is 5.91. The fraction of sp³-hybridized carbons (Fsp3) is 0.579. The third-order valence-corrected chi connectivity index (χ3v) is 5.91. The van der Waals surface area contributed by atoms with Crippen LogP contribution in [-0.4, -0.2) is 35.0 Å². The van der Waals surface area contributed by atoms with Gasteiger partial charge in [0.25, 0.3) is 0 Å². The molecule has 1 aromatic carbocycles. The maximum absolute atomic E-state index is 12.9. The lowest BCUT2D eigenvalue weighted by Gasteiger charge is -2.24. The molecule has 0 radical (unpaired) electrons. The number of hydrogen-bond acceptors (Lipinski definition) is 2. The zero-order chi connectivity index (χ0) is 19.1. The molecular formula is C19H22F3NO3. The van der Waals surface area contributed by atoms with Gasteiger partial charge in [0.1, 0.15) is 0 Å². The summed E-state index contributed by atoms with van der Waals surface area (Å²) < 4.78 is 38.6. The van der Waals surface area contributed by atoms with E-state index in [1.54, 1.807) is 17.9 Å². The van der Waals surface area contributed by atoms with Gasteiger partial charge in [-0.25, -0.2) is 0 Å². The first-order valence-electron chi connectivity index (χ1n) is 8.82. The number of fused-ring (bicyclic) bond motifs is 1. The van der Waals surface area contributed by atoms with Gasteiger partial charge in [-0.2, -0.15) is 13.2 Å². The highest BCUT2D eigenvalue weighted by Crippen LogP contribution is 2.49. The first kappa shape index (κ1) is 18.7. The van der Waals surface area contributed by atoms with Crippen LogP contribution in [0.25, 0.3) is 0 Å². The van der Waals surface area contributed by atoms with Gasteiger partial charge in [0, 0.05) is 19.5 Å². The normalized spacial score (nSPS) is 26.6. The van der Waals surface area contributed by atoms with Crippen molar-refractivity contribution in [3.8, 4) is 0 Å². The molecule has 1 heterocycles. The Kier molecular flexibility index (Phi) is 4.75. The van der Waals surface area contributed by atoms with Gasteiger partial charge in [-0.05, 0) is 36.3 Å². The second-order valence-corrected chi connectivity index (χ2v) is 7.55. The van der Waals surface area contributed by atoms with Gasteiger partial charge in [0.2, 0.25) is 5.91 Å². The molecule has 2 fully saturated rings. The molecule has 1 aromatic rings. The summed E-state index contributed by atoms with van der Waals surface area (Å²) in [5, 5.41) is 9.60. The fourth-order valence-electron chi connectivity index (χ4n) is 4.36. The van der Waals surface area contributed by atoms with Crippen molar-refractivity contribution in [2.24, 2.45) is 11.3 Å². The number of benzene rings is 1. The topological polar surface area (TPSA) is 57.6 Å². The predicted octanol–water partition coefficient (Wildman–Crippen LogP) is 3.91. The highest BCUT2D eigenvalue weighted by atomic mass is 19.4. The third kappa shape index (κ3) is 3.31. The Morgan fingerprint density at radius 2 is 2.12 bits per heavy atom. The van der Waals surface area contributed by atoms with Crippen molar-refractivity contribution in [2.45, 2.75) is 44.7 Å². The molecule has 3 rings (SSSR count). The summed E-state index contributed by atoms with van der Waals surface area (Å²) in [5.74, 6) is -1.43. The van der Waals surface area contributed by atoms with Gasteiger partial charge < -0.3 is 10.0 Å². The molecule has 1 saturated carbocycles. The Labute approximate surface area is 150 Å². The predicted molar refractivity (Wildman–Crippen MR) is 88.5 cm³/mol. The maximum atomic E-state index is 12.9. The SMILES string of the molecule is CC(CC(=O)N1C[C@@H]2CCC[C@@]2(C(=O)O)C1)c1cccc(C(F)(F)F)c1. The van der Waals surface area contributed by atoms with Crippen molar-refractivity contribution in [1.29, 1.82) is 0 Å².